The fourth-order valence-corrected chi connectivity index (χ4v) is 2.25. The molecule has 126 valence electrons. The Balaban J connectivity index is 1.77. The molecular weight excluding hydrogens is 377 g/mol. The largest absolute Gasteiger partial charge is 0.480 e. The first-order valence-electron chi connectivity index (χ1n) is 6.73. The third-order valence-corrected chi connectivity index (χ3v) is 3.76. The number of carbonyl (C=O) groups excluding carboxylic acids is 2. The Morgan fingerprint density at radius 2 is 1.58 bits per heavy atom. The van der Waals surface area contributed by atoms with Crippen molar-refractivity contribution in [1.82, 2.24) is 0 Å². The monoisotopic (exact) mass is 387 g/mol. The molecule has 0 spiro atoms. The van der Waals surface area contributed by atoms with Gasteiger partial charge in [0.15, 0.2) is 13.2 Å². The van der Waals surface area contributed by atoms with E-state index in [-0.39, 0.29) is 20.8 Å². The second-order valence-corrected chi connectivity index (χ2v) is 5.78. The molecule has 0 fully saturated rings. The molecule has 0 aromatic heterocycles. The fourth-order valence-electron chi connectivity index (χ4n) is 1.66. The van der Waals surface area contributed by atoms with E-state index in [1.165, 1.54) is 12.1 Å². The Morgan fingerprint density at radius 1 is 0.917 bits per heavy atom. The first-order valence-corrected chi connectivity index (χ1v) is 7.87. The van der Waals surface area contributed by atoms with Crippen LogP contribution in [0.2, 0.25) is 15.1 Å². The highest BCUT2D eigenvalue weighted by atomic mass is 35.5. The van der Waals surface area contributed by atoms with E-state index >= 15 is 0 Å². The highest BCUT2D eigenvalue weighted by molar-refractivity contribution is 6.43. The quantitative estimate of drug-likeness (QED) is 0.595. The summed E-state index contributed by atoms with van der Waals surface area (Å²) >= 11 is 17.6. The highest BCUT2D eigenvalue weighted by Crippen LogP contribution is 2.33. The van der Waals surface area contributed by atoms with Gasteiger partial charge >= 0.3 is 5.97 Å². The Hall–Kier alpha value is -1.95. The van der Waals surface area contributed by atoms with Crippen LogP contribution in [-0.2, 0) is 14.3 Å². The third kappa shape index (κ3) is 5.60. The lowest BCUT2D eigenvalue weighted by Gasteiger charge is -2.09. The summed E-state index contributed by atoms with van der Waals surface area (Å²) in [5.41, 5.74) is 0.609. The predicted molar refractivity (Wildman–Crippen MR) is 93.0 cm³/mol. The molecule has 1 amide bonds. The number of esters is 1. The van der Waals surface area contributed by atoms with Crippen LogP contribution in [0.5, 0.6) is 5.75 Å². The molecule has 1 N–H and O–H groups in total. The van der Waals surface area contributed by atoms with Gasteiger partial charge in [-0.05, 0) is 18.2 Å². The minimum absolute atomic E-state index is 0.191. The fraction of sp³-hybridized carbons (Fsp3) is 0.125. The van der Waals surface area contributed by atoms with Crippen molar-refractivity contribution in [2.75, 3.05) is 18.5 Å². The maximum Gasteiger partial charge on any atom is 0.344 e. The van der Waals surface area contributed by atoms with Crippen molar-refractivity contribution in [3.05, 3.63) is 57.5 Å². The summed E-state index contributed by atoms with van der Waals surface area (Å²) in [6, 6.07) is 11.6. The molecule has 0 atom stereocenters. The Labute approximate surface area is 153 Å². The lowest BCUT2D eigenvalue weighted by Crippen LogP contribution is -2.23. The molecule has 0 unspecified atom stereocenters. The van der Waals surface area contributed by atoms with Gasteiger partial charge in [0.2, 0.25) is 0 Å². The lowest BCUT2D eigenvalue weighted by atomic mass is 10.3. The van der Waals surface area contributed by atoms with Gasteiger partial charge in [-0.3, -0.25) is 4.79 Å². The smallest absolute Gasteiger partial charge is 0.344 e. The number of benzene rings is 2. The van der Waals surface area contributed by atoms with Crippen LogP contribution < -0.4 is 10.1 Å². The van der Waals surface area contributed by atoms with E-state index in [0.717, 1.165) is 0 Å². The van der Waals surface area contributed by atoms with Crippen molar-refractivity contribution >= 4 is 52.4 Å². The number of hydrogen-bond donors (Lipinski definition) is 1. The zero-order chi connectivity index (χ0) is 17.5. The van der Waals surface area contributed by atoms with E-state index in [9.17, 15) is 9.59 Å². The van der Waals surface area contributed by atoms with Gasteiger partial charge in [-0.15, -0.1) is 0 Å². The number of para-hydroxylation sites is 1. The van der Waals surface area contributed by atoms with Crippen LogP contribution in [0.1, 0.15) is 0 Å². The number of rotatable bonds is 6. The molecule has 0 radical (unpaired) electrons. The summed E-state index contributed by atoms with van der Waals surface area (Å²) in [5.74, 6) is -0.987. The van der Waals surface area contributed by atoms with Gasteiger partial charge in [-0.2, -0.15) is 0 Å². The molecule has 0 heterocycles. The summed E-state index contributed by atoms with van der Waals surface area (Å²) in [4.78, 5) is 23.3. The minimum atomic E-state index is -0.722. The summed E-state index contributed by atoms with van der Waals surface area (Å²) < 4.78 is 10.0. The van der Waals surface area contributed by atoms with Gasteiger partial charge in [-0.25, -0.2) is 4.79 Å². The number of ether oxygens (including phenoxy) is 2. The average Bonchev–Trinajstić information content (AvgIpc) is 2.56. The second-order valence-electron chi connectivity index (χ2n) is 4.56. The first-order chi connectivity index (χ1) is 11.5. The number of nitrogens with one attached hydrogen (secondary N) is 1. The van der Waals surface area contributed by atoms with Crippen LogP contribution in [0.4, 0.5) is 5.69 Å². The average molecular weight is 389 g/mol. The van der Waals surface area contributed by atoms with E-state index in [2.05, 4.69) is 5.32 Å². The van der Waals surface area contributed by atoms with Crippen LogP contribution >= 0.6 is 34.8 Å². The van der Waals surface area contributed by atoms with Crippen LogP contribution in [0.15, 0.2) is 42.5 Å². The summed E-state index contributed by atoms with van der Waals surface area (Å²) in [6.45, 7) is -0.845. The SMILES string of the molecule is O=C(COC(=O)COc1cc(Cl)c(Cl)cc1Cl)Nc1ccccc1. The van der Waals surface area contributed by atoms with Gasteiger partial charge in [0.1, 0.15) is 5.75 Å². The van der Waals surface area contributed by atoms with Crippen molar-refractivity contribution in [2.45, 2.75) is 0 Å². The molecular formula is C16H12Cl3NO4. The summed E-state index contributed by atoms with van der Waals surface area (Å²) in [5, 5.41) is 3.31. The molecule has 0 saturated heterocycles. The van der Waals surface area contributed by atoms with E-state index in [1.54, 1.807) is 24.3 Å². The molecule has 5 nitrogen and oxygen atoms in total. The number of hydrogen-bond acceptors (Lipinski definition) is 4. The van der Waals surface area contributed by atoms with E-state index in [4.69, 9.17) is 44.3 Å². The third-order valence-electron chi connectivity index (χ3n) is 2.74. The summed E-state index contributed by atoms with van der Waals surface area (Å²) in [6.07, 6.45) is 0. The van der Waals surface area contributed by atoms with Crippen LogP contribution in [-0.4, -0.2) is 25.1 Å². The molecule has 0 aliphatic heterocycles. The number of carbonyl (C=O) groups is 2. The van der Waals surface area contributed by atoms with Crippen LogP contribution in [0.25, 0.3) is 0 Å². The number of halogens is 3. The van der Waals surface area contributed by atoms with Crippen molar-refractivity contribution in [1.29, 1.82) is 0 Å². The van der Waals surface area contributed by atoms with Gasteiger partial charge < -0.3 is 14.8 Å². The topological polar surface area (TPSA) is 64.6 Å². The molecule has 0 aliphatic carbocycles. The molecule has 0 saturated carbocycles. The van der Waals surface area contributed by atoms with Gasteiger partial charge in [0.25, 0.3) is 5.91 Å². The molecule has 24 heavy (non-hydrogen) atoms. The molecule has 2 rings (SSSR count). The van der Waals surface area contributed by atoms with Crippen molar-refractivity contribution < 1.29 is 19.1 Å². The Kier molecular flexibility index (Phi) is 6.73. The van der Waals surface area contributed by atoms with Gasteiger partial charge in [0.05, 0.1) is 15.1 Å². The van der Waals surface area contributed by atoms with E-state index in [1.807, 2.05) is 6.07 Å². The molecule has 2 aromatic rings. The second kappa shape index (κ2) is 8.78. The maximum atomic E-state index is 11.6. The molecule has 0 aliphatic rings. The van der Waals surface area contributed by atoms with Crippen molar-refractivity contribution in [2.24, 2.45) is 0 Å². The first kappa shape index (κ1) is 18.4. The standard InChI is InChI=1S/C16H12Cl3NO4/c17-11-6-13(19)14(7-12(11)18)23-9-16(22)24-8-15(21)20-10-4-2-1-3-5-10/h1-7H,8-9H2,(H,20,21). The van der Waals surface area contributed by atoms with Gasteiger partial charge in [0, 0.05) is 11.8 Å². The predicted octanol–water partition coefficient (Wildman–Crippen LogP) is 4.21. The maximum absolute atomic E-state index is 11.6. The molecule has 8 heteroatoms. The molecule has 0 bridgehead atoms. The normalized spacial score (nSPS) is 10.1. The van der Waals surface area contributed by atoms with E-state index < -0.39 is 25.1 Å². The zero-order valence-electron chi connectivity index (χ0n) is 12.2. The zero-order valence-corrected chi connectivity index (χ0v) is 14.5. The van der Waals surface area contributed by atoms with Crippen molar-refractivity contribution in [3.8, 4) is 5.75 Å². The van der Waals surface area contributed by atoms with Crippen LogP contribution in [0, 0.1) is 0 Å². The van der Waals surface area contributed by atoms with E-state index in [0.29, 0.717) is 5.69 Å². The van der Waals surface area contributed by atoms with Crippen molar-refractivity contribution in [3.63, 3.8) is 0 Å². The minimum Gasteiger partial charge on any atom is -0.480 e. The Morgan fingerprint density at radius 3 is 2.29 bits per heavy atom. The Bertz CT molecular complexity index is 738. The number of anilines is 1. The summed E-state index contributed by atoms with van der Waals surface area (Å²) in [7, 11) is 0. The van der Waals surface area contributed by atoms with Gasteiger partial charge in [-0.1, -0.05) is 53.0 Å². The molecule has 2 aromatic carbocycles. The number of amides is 1. The highest BCUT2D eigenvalue weighted by Gasteiger charge is 2.12. The lowest BCUT2D eigenvalue weighted by molar-refractivity contribution is -0.149. The van der Waals surface area contributed by atoms with Crippen LogP contribution in [0.3, 0.4) is 0 Å².